The van der Waals surface area contributed by atoms with Crippen molar-refractivity contribution in [3.8, 4) is 5.69 Å². The number of aryl methyl sites for hydroxylation is 1. The van der Waals surface area contributed by atoms with Gasteiger partial charge in [0.1, 0.15) is 10.8 Å². The van der Waals surface area contributed by atoms with E-state index in [-0.39, 0.29) is 5.02 Å². The molecule has 0 amide bonds. The number of halogens is 3. The summed E-state index contributed by atoms with van der Waals surface area (Å²) >= 11 is 18.3. The van der Waals surface area contributed by atoms with Crippen molar-refractivity contribution in [3.05, 3.63) is 68.0 Å². The Morgan fingerprint density at radius 2 is 2.00 bits per heavy atom. The topological polar surface area (TPSA) is 56.0 Å². The predicted octanol–water partition coefficient (Wildman–Crippen LogP) is 3.56. The summed E-state index contributed by atoms with van der Waals surface area (Å²) in [5.41, 5.74) is 0.461. The van der Waals surface area contributed by atoms with Crippen LogP contribution in [0.2, 0.25) is 15.1 Å². The summed E-state index contributed by atoms with van der Waals surface area (Å²) in [7, 11) is 3.72. The number of aromatic nitrogens is 4. The first kappa shape index (κ1) is 17.8. The summed E-state index contributed by atoms with van der Waals surface area (Å²) in [6.45, 7) is 0.482. The fraction of sp³-hybridized carbons (Fsp3) is 0.188. The van der Waals surface area contributed by atoms with E-state index in [1.807, 2.05) is 29.8 Å². The highest BCUT2D eigenvalue weighted by atomic mass is 35.5. The van der Waals surface area contributed by atoms with E-state index in [2.05, 4.69) is 10.1 Å². The van der Waals surface area contributed by atoms with Gasteiger partial charge in [-0.25, -0.2) is 4.98 Å². The van der Waals surface area contributed by atoms with Gasteiger partial charge < -0.3 is 9.47 Å². The van der Waals surface area contributed by atoms with Crippen LogP contribution >= 0.6 is 34.8 Å². The second-order valence-electron chi connectivity index (χ2n) is 5.47. The fourth-order valence-electron chi connectivity index (χ4n) is 2.36. The van der Waals surface area contributed by atoms with Crippen molar-refractivity contribution in [3.63, 3.8) is 0 Å². The second-order valence-corrected chi connectivity index (χ2v) is 6.69. The Labute approximate surface area is 159 Å². The summed E-state index contributed by atoms with van der Waals surface area (Å²) in [6.07, 6.45) is 5.09. The molecule has 0 atom stereocenters. The van der Waals surface area contributed by atoms with Gasteiger partial charge in [-0.15, -0.1) is 0 Å². The van der Waals surface area contributed by atoms with Gasteiger partial charge in [0.25, 0.3) is 5.56 Å². The van der Waals surface area contributed by atoms with Crippen LogP contribution in [0.3, 0.4) is 0 Å². The molecule has 9 heteroatoms. The lowest BCUT2D eigenvalue weighted by molar-refractivity contribution is 0.749. The van der Waals surface area contributed by atoms with E-state index in [1.165, 1.54) is 6.20 Å². The molecule has 6 nitrogen and oxygen atoms in total. The Morgan fingerprint density at radius 3 is 2.64 bits per heavy atom. The number of rotatable bonds is 4. The van der Waals surface area contributed by atoms with Crippen LogP contribution in [0.1, 0.15) is 5.82 Å². The highest BCUT2D eigenvalue weighted by Gasteiger charge is 2.16. The molecule has 0 saturated heterocycles. The number of hydrogen-bond donors (Lipinski definition) is 0. The predicted molar refractivity (Wildman–Crippen MR) is 100 cm³/mol. The summed E-state index contributed by atoms with van der Waals surface area (Å²) in [4.78, 5) is 18.7. The monoisotopic (exact) mass is 397 g/mol. The molecule has 0 aliphatic carbocycles. The maximum absolute atomic E-state index is 12.6. The van der Waals surface area contributed by atoms with E-state index < -0.39 is 5.56 Å². The van der Waals surface area contributed by atoms with Gasteiger partial charge in [-0.3, -0.25) is 4.79 Å². The van der Waals surface area contributed by atoms with E-state index >= 15 is 0 Å². The minimum absolute atomic E-state index is 0.0534. The van der Waals surface area contributed by atoms with Gasteiger partial charge in [-0.05, 0) is 18.2 Å². The van der Waals surface area contributed by atoms with Crippen LogP contribution in [0.25, 0.3) is 5.69 Å². The van der Waals surface area contributed by atoms with Gasteiger partial charge in [0.15, 0.2) is 0 Å². The zero-order chi connectivity index (χ0) is 18.1. The van der Waals surface area contributed by atoms with Gasteiger partial charge in [-0.1, -0.05) is 34.8 Å². The Morgan fingerprint density at radius 1 is 1.24 bits per heavy atom. The molecule has 0 fully saturated rings. The van der Waals surface area contributed by atoms with Gasteiger partial charge >= 0.3 is 0 Å². The van der Waals surface area contributed by atoms with Crippen LogP contribution in [0.15, 0.2) is 41.6 Å². The number of benzene rings is 1. The molecule has 0 saturated carbocycles. The Kier molecular flexibility index (Phi) is 5.03. The van der Waals surface area contributed by atoms with Crippen LogP contribution in [-0.4, -0.2) is 26.4 Å². The minimum atomic E-state index is -0.463. The third-order valence-electron chi connectivity index (χ3n) is 3.75. The minimum Gasteiger partial charge on any atom is -0.364 e. The molecule has 0 spiro atoms. The number of nitrogens with zero attached hydrogens (tertiary/aromatic N) is 5. The first-order valence-corrected chi connectivity index (χ1v) is 8.42. The quantitative estimate of drug-likeness (QED) is 0.674. The highest BCUT2D eigenvalue weighted by molar-refractivity contribution is 6.36. The largest absolute Gasteiger partial charge is 0.364 e. The van der Waals surface area contributed by atoms with Crippen LogP contribution in [0.4, 0.5) is 5.69 Å². The molecule has 0 bridgehead atoms. The Balaban J connectivity index is 1.98. The maximum Gasteiger partial charge on any atom is 0.292 e. The van der Waals surface area contributed by atoms with Crippen LogP contribution in [0, 0.1) is 0 Å². The summed E-state index contributed by atoms with van der Waals surface area (Å²) < 4.78 is 3.05. The molecule has 3 rings (SSSR count). The third-order valence-corrected chi connectivity index (χ3v) is 4.64. The molecular formula is C16H14Cl3N5O. The zero-order valence-corrected chi connectivity index (χ0v) is 15.7. The second kappa shape index (κ2) is 7.07. The SMILES string of the molecule is CN(Cc1nccn1C)c1cnn(-c2ccc(Cl)cc2Cl)c(=O)c1Cl. The fourth-order valence-corrected chi connectivity index (χ4v) is 3.12. The van der Waals surface area contributed by atoms with Crippen LogP contribution in [-0.2, 0) is 13.6 Å². The highest BCUT2D eigenvalue weighted by Crippen LogP contribution is 2.25. The van der Waals surface area contributed by atoms with Crippen molar-refractivity contribution >= 4 is 40.5 Å². The molecule has 3 aromatic rings. The van der Waals surface area contributed by atoms with Gasteiger partial charge in [0.2, 0.25) is 0 Å². The van der Waals surface area contributed by atoms with E-state index in [0.29, 0.717) is 28.0 Å². The van der Waals surface area contributed by atoms with Crippen molar-refractivity contribution in [1.82, 2.24) is 19.3 Å². The molecular weight excluding hydrogens is 385 g/mol. The average Bonchev–Trinajstić information content (AvgIpc) is 2.95. The van der Waals surface area contributed by atoms with Crippen molar-refractivity contribution in [2.45, 2.75) is 6.54 Å². The van der Waals surface area contributed by atoms with E-state index in [0.717, 1.165) is 10.5 Å². The summed E-state index contributed by atoms with van der Waals surface area (Å²) in [6, 6.07) is 4.79. The standard InChI is InChI=1S/C16H14Cl3N5O/c1-22-6-5-20-14(22)9-23(2)13-8-21-24(16(25)15(13)19)12-4-3-10(17)7-11(12)18/h3-8H,9H2,1-2H3. The first-order chi connectivity index (χ1) is 11.9. The van der Waals surface area contributed by atoms with Crippen LogP contribution < -0.4 is 10.5 Å². The normalized spacial score (nSPS) is 10.9. The number of hydrogen-bond acceptors (Lipinski definition) is 4. The van der Waals surface area contributed by atoms with Gasteiger partial charge in [0.05, 0.1) is 29.1 Å². The van der Waals surface area contributed by atoms with E-state index in [1.54, 1.807) is 24.4 Å². The zero-order valence-electron chi connectivity index (χ0n) is 13.4. The van der Waals surface area contributed by atoms with E-state index in [4.69, 9.17) is 34.8 Å². The first-order valence-electron chi connectivity index (χ1n) is 7.29. The number of imidazole rings is 1. The van der Waals surface area contributed by atoms with E-state index in [9.17, 15) is 4.79 Å². The lowest BCUT2D eigenvalue weighted by Gasteiger charge is -2.20. The van der Waals surface area contributed by atoms with Gasteiger partial charge in [-0.2, -0.15) is 9.78 Å². The van der Waals surface area contributed by atoms with Gasteiger partial charge in [0, 0.05) is 31.5 Å². The Hall–Kier alpha value is -2.02. The molecule has 0 unspecified atom stereocenters. The maximum atomic E-state index is 12.6. The molecule has 0 aliphatic heterocycles. The molecule has 0 radical (unpaired) electrons. The van der Waals surface area contributed by atoms with Crippen LogP contribution in [0.5, 0.6) is 0 Å². The molecule has 130 valence electrons. The molecule has 0 aliphatic rings. The molecule has 2 aromatic heterocycles. The lowest BCUT2D eigenvalue weighted by Crippen LogP contribution is -2.27. The molecule has 2 heterocycles. The van der Waals surface area contributed by atoms with Crippen molar-refractivity contribution in [2.75, 3.05) is 11.9 Å². The smallest absolute Gasteiger partial charge is 0.292 e. The Bertz CT molecular complexity index is 982. The average molecular weight is 399 g/mol. The third kappa shape index (κ3) is 3.51. The number of anilines is 1. The van der Waals surface area contributed by atoms with Crippen molar-refractivity contribution in [1.29, 1.82) is 0 Å². The molecule has 1 aromatic carbocycles. The molecule has 25 heavy (non-hydrogen) atoms. The molecule has 0 N–H and O–H groups in total. The summed E-state index contributed by atoms with van der Waals surface area (Å²) in [5.74, 6) is 0.837. The van der Waals surface area contributed by atoms with Crippen molar-refractivity contribution in [2.24, 2.45) is 7.05 Å². The van der Waals surface area contributed by atoms with Crippen molar-refractivity contribution < 1.29 is 0 Å². The lowest BCUT2D eigenvalue weighted by atomic mass is 10.3. The summed E-state index contributed by atoms with van der Waals surface area (Å²) in [5, 5.41) is 5.03.